The third-order valence-corrected chi connectivity index (χ3v) is 3.79. The zero-order valence-electron chi connectivity index (χ0n) is 11.3. The van der Waals surface area contributed by atoms with Crippen molar-refractivity contribution in [1.29, 1.82) is 0 Å². The standard InChI is InChI=1S/C13H14Cl3NO4S/c14-13(15,16)8-21-12(20)17-10(11(18)19)7-22-6-9-4-2-1-3-5-9/h1-5,10H,6-8H2,(H,17,20)(H,18,19)/t10-/m0/s1. The second-order valence-electron chi connectivity index (χ2n) is 4.23. The van der Waals surface area contributed by atoms with Crippen molar-refractivity contribution in [2.24, 2.45) is 0 Å². The van der Waals surface area contributed by atoms with E-state index in [2.05, 4.69) is 10.1 Å². The van der Waals surface area contributed by atoms with Crippen LogP contribution in [0.2, 0.25) is 0 Å². The number of carbonyl (C=O) groups excluding carboxylic acids is 1. The number of aliphatic carboxylic acids is 1. The van der Waals surface area contributed by atoms with Gasteiger partial charge in [-0.3, -0.25) is 0 Å². The average molecular weight is 387 g/mol. The Morgan fingerprint density at radius 3 is 2.45 bits per heavy atom. The predicted octanol–water partition coefficient (Wildman–Crippen LogP) is 3.47. The Labute approximate surface area is 147 Å². The molecule has 0 bridgehead atoms. The molecule has 1 aromatic rings. The average Bonchev–Trinajstić information content (AvgIpc) is 2.44. The summed E-state index contributed by atoms with van der Waals surface area (Å²) >= 11 is 17.7. The zero-order valence-corrected chi connectivity index (χ0v) is 14.4. The van der Waals surface area contributed by atoms with E-state index >= 15 is 0 Å². The molecule has 0 spiro atoms. The van der Waals surface area contributed by atoms with Crippen LogP contribution in [0, 0.1) is 0 Å². The molecule has 0 aromatic heterocycles. The van der Waals surface area contributed by atoms with Crippen LogP contribution in [0.25, 0.3) is 0 Å². The number of alkyl carbamates (subject to hydrolysis) is 1. The fourth-order valence-electron chi connectivity index (χ4n) is 1.37. The van der Waals surface area contributed by atoms with Gasteiger partial charge in [-0.1, -0.05) is 65.1 Å². The summed E-state index contributed by atoms with van der Waals surface area (Å²) in [4.78, 5) is 22.6. The normalized spacial score (nSPS) is 12.5. The molecule has 0 radical (unpaired) electrons. The van der Waals surface area contributed by atoms with Crippen LogP contribution in [0.1, 0.15) is 5.56 Å². The Morgan fingerprint density at radius 1 is 1.27 bits per heavy atom. The molecule has 0 fully saturated rings. The molecule has 122 valence electrons. The lowest BCUT2D eigenvalue weighted by molar-refractivity contribution is -0.138. The first-order valence-electron chi connectivity index (χ1n) is 6.12. The fourth-order valence-corrected chi connectivity index (χ4v) is 2.55. The van der Waals surface area contributed by atoms with E-state index in [1.54, 1.807) is 0 Å². The first-order chi connectivity index (χ1) is 10.3. The summed E-state index contributed by atoms with van der Waals surface area (Å²) < 4.78 is 2.90. The number of hydrogen-bond acceptors (Lipinski definition) is 4. The van der Waals surface area contributed by atoms with Gasteiger partial charge in [0.1, 0.15) is 12.6 Å². The smallest absolute Gasteiger partial charge is 0.408 e. The van der Waals surface area contributed by atoms with Gasteiger partial charge in [0.15, 0.2) is 0 Å². The highest BCUT2D eigenvalue weighted by atomic mass is 35.6. The molecule has 1 atom stereocenters. The maximum atomic E-state index is 11.5. The Hall–Kier alpha value is -0.820. The molecular weight excluding hydrogens is 373 g/mol. The van der Waals surface area contributed by atoms with Gasteiger partial charge in [0.25, 0.3) is 0 Å². The molecule has 0 saturated heterocycles. The highest BCUT2D eigenvalue weighted by Gasteiger charge is 2.25. The maximum absolute atomic E-state index is 11.5. The van der Waals surface area contributed by atoms with Crippen molar-refractivity contribution in [2.45, 2.75) is 15.6 Å². The molecule has 22 heavy (non-hydrogen) atoms. The van der Waals surface area contributed by atoms with E-state index < -0.39 is 28.5 Å². The van der Waals surface area contributed by atoms with Gasteiger partial charge in [-0.2, -0.15) is 11.8 Å². The molecule has 5 nitrogen and oxygen atoms in total. The van der Waals surface area contributed by atoms with Crippen molar-refractivity contribution in [2.75, 3.05) is 12.4 Å². The highest BCUT2D eigenvalue weighted by Crippen LogP contribution is 2.25. The first-order valence-corrected chi connectivity index (χ1v) is 8.41. The highest BCUT2D eigenvalue weighted by molar-refractivity contribution is 7.98. The molecule has 0 unspecified atom stereocenters. The van der Waals surface area contributed by atoms with E-state index in [-0.39, 0.29) is 5.75 Å². The van der Waals surface area contributed by atoms with Crippen molar-refractivity contribution >= 4 is 58.6 Å². The van der Waals surface area contributed by atoms with E-state index in [0.29, 0.717) is 5.75 Å². The van der Waals surface area contributed by atoms with Gasteiger partial charge in [0, 0.05) is 11.5 Å². The minimum atomic E-state index is -1.74. The number of hydrogen-bond donors (Lipinski definition) is 2. The van der Waals surface area contributed by atoms with Crippen molar-refractivity contribution in [3.63, 3.8) is 0 Å². The van der Waals surface area contributed by atoms with E-state index in [0.717, 1.165) is 5.56 Å². The van der Waals surface area contributed by atoms with Crippen LogP contribution in [0.4, 0.5) is 4.79 Å². The molecule has 1 amide bonds. The van der Waals surface area contributed by atoms with Crippen LogP contribution in [-0.4, -0.2) is 39.4 Å². The number of amides is 1. The first kappa shape index (κ1) is 19.2. The number of carboxylic acids is 1. The summed E-state index contributed by atoms with van der Waals surface area (Å²) in [5, 5.41) is 11.3. The summed E-state index contributed by atoms with van der Waals surface area (Å²) in [6.45, 7) is -0.465. The summed E-state index contributed by atoms with van der Waals surface area (Å²) in [6.07, 6.45) is -0.945. The van der Waals surface area contributed by atoms with Crippen LogP contribution in [0.5, 0.6) is 0 Å². The van der Waals surface area contributed by atoms with E-state index in [1.807, 2.05) is 30.3 Å². The second kappa shape index (κ2) is 9.35. The van der Waals surface area contributed by atoms with Gasteiger partial charge in [-0.05, 0) is 5.56 Å². The third-order valence-electron chi connectivity index (χ3n) is 2.35. The molecule has 0 aliphatic carbocycles. The van der Waals surface area contributed by atoms with E-state index in [4.69, 9.17) is 39.9 Å². The molecule has 1 aromatic carbocycles. The molecule has 0 aliphatic heterocycles. The Balaban J connectivity index is 2.38. The molecule has 1 rings (SSSR count). The second-order valence-corrected chi connectivity index (χ2v) is 7.77. The predicted molar refractivity (Wildman–Crippen MR) is 88.8 cm³/mol. The maximum Gasteiger partial charge on any atom is 0.408 e. The summed E-state index contributed by atoms with van der Waals surface area (Å²) in [6, 6.07) is 8.48. The Bertz CT molecular complexity index is 496. The lowest BCUT2D eigenvalue weighted by Crippen LogP contribution is -2.43. The topological polar surface area (TPSA) is 75.6 Å². The number of nitrogens with one attached hydrogen (secondary N) is 1. The number of alkyl halides is 3. The number of thioether (sulfide) groups is 1. The largest absolute Gasteiger partial charge is 0.480 e. The summed E-state index contributed by atoms with van der Waals surface area (Å²) in [7, 11) is 0. The number of ether oxygens (including phenoxy) is 1. The summed E-state index contributed by atoms with van der Waals surface area (Å²) in [5.41, 5.74) is 1.07. The van der Waals surface area contributed by atoms with E-state index in [9.17, 15) is 9.59 Å². The number of benzene rings is 1. The minimum absolute atomic E-state index is 0.188. The SMILES string of the molecule is O=C(N[C@@H](CSCc1ccccc1)C(=O)O)OCC(Cl)(Cl)Cl. The number of rotatable bonds is 7. The Morgan fingerprint density at radius 2 is 1.91 bits per heavy atom. The van der Waals surface area contributed by atoms with Gasteiger partial charge >= 0.3 is 12.1 Å². The monoisotopic (exact) mass is 385 g/mol. The number of carbonyl (C=O) groups is 2. The molecule has 2 N–H and O–H groups in total. The quantitative estimate of drug-likeness (QED) is 0.702. The van der Waals surface area contributed by atoms with Crippen LogP contribution < -0.4 is 5.32 Å². The molecule has 0 aliphatic rings. The number of halogens is 3. The molecule has 0 saturated carbocycles. The van der Waals surface area contributed by atoms with Crippen LogP contribution in [-0.2, 0) is 15.3 Å². The van der Waals surface area contributed by atoms with Gasteiger partial charge < -0.3 is 15.2 Å². The van der Waals surface area contributed by atoms with Crippen LogP contribution in [0.3, 0.4) is 0 Å². The minimum Gasteiger partial charge on any atom is -0.480 e. The number of carboxylic acid groups (broad SMARTS) is 1. The van der Waals surface area contributed by atoms with Crippen molar-refractivity contribution in [3.8, 4) is 0 Å². The third kappa shape index (κ3) is 8.58. The van der Waals surface area contributed by atoms with Crippen molar-refractivity contribution < 1.29 is 19.4 Å². The lowest BCUT2D eigenvalue weighted by atomic mass is 10.2. The van der Waals surface area contributed by atoms with Gasteiger partial charge in [-0.15, -0.1) is 0 Å². The summed E-state index contributed by atoms with van der Waals surface area (Å²) in [5.74, 6) is -0.339. The van der Waals surface area contributed by atoms with Crippen LogP contribution >= 0.6 is 46.6 Å². The van der Waals surface area contributed by atoms with Crippen molar-refractivity contribution in [1.82, 2.24) is 5.32 Å². The van der Waals surface area contributed by atoms with Gasteiger partial charge in [0.2, 0.25) is 3.79 Å². The van der Waals surface area contributed by atoms with E-state index in [1.165, 1.54) is 11.8 Å². The van der Waals surface area contributed by atoms with Gasteiger partial charge in [0.05, 0.1) is 0 Å². The molecule has 9 heteroatoms. The van der Waals surface area contributed by atoms with Gasteiger partial charge in [-0.25, -0.2) is 9.59 Å². The van der Waals surface area contributed by atoms with Crippen LogP contribution in [0.15, 0.2) is 30.3 Å². The zero-order chi connectivity index (χ0) is 16.6. The molecular formula is C13H14Cl3NO4S. The lowest BCUT2D eigenvalue weighted by Gasteiger charge is -2.16. The Kier molecular flexibility index (Phi) is 8.17. The fraction of sp³-hybridized carbons (Fsp3) is 0.385. The van der Waals surface area contributed by atoms with Crippen molar-refractivity contribution in [3.05, 3.63) is 35.9 Å². The molecule has 0 heterocycles.